The van der Waals surface area contributed by atoms with Crippen LogP contribution in [0, 0.1) is 0 Å². The van der Waals surface area contributed by atoms with E-state index in [1.54, 1.807) is 6.07 Å². The van der Waals surface area contributed by atoms with Crippen molar-refractivity contribution in [1.82, 2.24) is 0 Å². The minimum absolute atomic E-state index is 0.0167. The maximum atomic E-state index is 12.2. The molecule has 0 fully saturated rings. The summed E-state index contributed by atoms with van der Waals surface area (Å²) in [6.07, 6.45) is 1.09. The standard InChI is InChI=1S/C17H14O3/c18-16-10-12-6-5-11(8-17(19)20)7-14(12)9-13-3-1-2-4-15(13)16/h1-7H,8-10H2,(H,19,20). The Bertz CT molecular complexity index is 701. The van der Waals surface area contributed by atoms with Gasteiger partial charge in [0, 0.05) is 12.0 Å². The Kier molecular flexibility index (Phi) is 3.11. The van der Waals surface area contributed by atoms with Gasteiger partial charge in [-0.05, 0) is 28.7 Å². The molecular formula is C17H14O3. The molecule has 2 aromatic rings. The minimum atomic E-state index is -0.838. The molecule has 0 saturated heterocycles. The molecule has 1 aliphatic rings. The molecule has 20 heavy (non-hydrogen) atoms. The highest BCUT2D eigenvalue weighted by molar-refractivity contribution is 5.99. The molecule has 0 heterocycles. The van der Waals surface area contributed by atoms with Crippen molar-refractivity contribution in [2.75, 3.05) is 0 Å². The molecule has 1 N–H and O–H groups in total. The lowest BCUT2D eigenvalue weighted by Crippen LogP contribution is -2.04. The summed E-state index contributed by atoms with van der Waals surface area (Å²) in [7, 11) is 0. The lowest BCUT2D eigenvalue weighted by molar-refractivity contribution is -0.136. The summed E-state index contributed by atoms with van der Waals surface area (Å²) in [4.78, 5) is 23.0. The van der Waals surface area contributed by atoms with Crippen LogP contribution in [0.15, 0.2) is 42.5 Å². The molecule has 3 rings (SSSR count). The molecule has 0 aliphatic heterocycles. The molecule has 0 amide bonds. The fourth-order valence-electron chi connectivity index (χ4n) is 2.72. The third-order valence-electron chi connectivity index (χ3n) is 3.68. The zero-order chi connectivity index (χ0) is 14.1. The van der Waals surface area contributed by atoms with Crippen molar-refractivity contribution >= 4 is 11.8 Å². The molecule has 0 aromatic heterocycles. The Balaban J connectivity index is 2.04. The second-order valence-corrected chi connectivity index (χ2v) is 5.11. The fourth-order valence-corrected chi connectivity index (χ4v) is 2.72. The Labute approximate surface area is 116 Å². The van der Waals surface area contributed by atoms with Gasteiger partial charge in [0.15, 0.2) is 5.78 Å². The average Bonchev–Trinajstić information content (AvgIpc) is 2.54. The SMILES string of the molecule is O=C(O)Cc1ccc2c(c1)Cc1ccccc1C(=O)C2. The van der Waals surface area contributed by atoms with Gasteiger partial charge in [-0.25, -0.2) is 0 Å². The van der Waals surface area contributed by atoms with Gasteiger partial charge in [-0.3, -0.25) is 9.59 Å². The van der Waals surface area contributed by atoms with Gasteiger partial charge in [-0.2, -0.15) is 0 Å². The number of ketones is 1. The van der Waals surface area contributed by atoms with Crippen molar-refractivity contribution in [2.24, 2.45) is 0 Å². The maximum absolute atomic E-state index is 12.2. The molecule has 0 atom stereocenters. The molecule has 0 radical (unpaired) electrons. The summed E-state index contributed by atoms with van der Waals surface area (Å²) < 4.78 is 0. The third kappa shape index (κ3) is 2.35. The number of carboxylic acids is 1. The van der Waals surface area contributed by atoms with E-state index in [2.05, 4.69) is 0 Å². The summed E-state index contributed by atoms with van der Waals surface area (Å²) in [6.45, 7) is 0. The van der Waals surface area contributed by atoms with Crippen molar-refractivity contribution in [3.8, 4) is 0 Å². The van der Waals surface area contributed by atoms with Crippen LogP contribution in [0.5, 0.6) is 0 Å². The fraction of sp³-hybridized carbons (Fsp3) is 0.176. The molecule has 0 spiro atoms. The molecule has 1 aliphatic carbocycles. The predicted octanol–water partition coefficient (Wildman–Crippen LogP) is 2.64. The number of carbonyl (C=O) groups is 2. The first-order valence-electron chi connectivity index (χ1n) is 6.57. The topological polar surface area (TPSA) is 54.4 Å². The van der Waals surface area contributed by atoms with Crippen LogP contribution in [0.4, 0.5) is 0 Å². The number of rotatable bonds is 2. The predicted molar refractivity (Wildman–Crippen MR) is 75.1 cm³/mol. The number of Topliss-reactive ketones (excluding diaryl/α,β-unsaturated/α-hetero) is 1. The van der Waals surface area contributed by atoms with Gasteiger partial charge in [-0.1, -0.05) is 42.5 Å². The van der Waals surface area contributed by atoms with Crippen molar-refractivity contribution < 1.29 is 14.7 Å². The number of aliphatic carboxylic acids is 1. The molecular weight excluding hydrogens is 252 g/mol. The van der Waals surface area contributed by atoms with Crippen molar-refractivity contribution in [3.05, 3.63) is 70.3 Å². The quantitative estimate of drug-likeness (QED) is 0.909. The highest BCUT2D eigenvalue weighted by atomic mass is 16.4. The normalized spacial score (nSPS) is 13.3. The van der Waals surface area contributed by atoms with Crippen LogP contribution in [0.25, 0.3) is 0 Å². The molecule has 0 unspecified atom stereocenters. The van der Waals surface area contributed by atoms with Crippen LogP contribution in [-0.4, -0.2) is 16.9 Å². The van der Waals surface area contributed by atoms with E-state index in [1.165, 1.54) is 0 Å². The van der Waals surface area contributed by atoms with E-state index >= 15 is 0 Å². The number of hydrogen-bond donors (Lipinski definition) is 1. The van der Waals surface area contributed by atoms with Gasteiger partial charge in [0.1, 0.15) is 0 Å². The van der Waals surface area contributed by atoms with Gasteiger partial charge >= 0.3 is 5.97 Å². The molecule has 2 aromatic carbocycles. The van der Waals surface area contributed by atoms with Gasteiger partial charge in [0.25, 0.3) is 0 Å². The van der Waals surface area contributed by atoms with Crippen LogP contribution in [0.1, 0.15) is 32.6 Å². The second kappa shape index (κ2) is 4.93. The van der Waals surface area contributed by atoms with Crippen molar-refractivity contribution in [3.63, 3.8) is 0 Å². The zero-order valence-electron chi connectivity index (χ0n) is 10.9. The highest BCUT2D eigenvalue weighted by Gasteiger charge is 2.19. The van der Waals surface area contributed by atoms with Crippen molar-refractivity contribution in [2.45, 2.75) is 19.3 Å². The minimum Gasteiger partial charge on any atom is -0.481 e. The Morgan fingerprint density at radius 1 is 1.00 bits per heavy atom. The maximum Gasteiger partial charge on any atom is 0.307 e. The van der Waals surface area contributed by atoms with Crippen molar-refractivity contribution in [1.29, 1.82) is 0 Å². The van der Waals surface area contributed by atoms with E-state index < -0.39 is 5.97 Å². The summed E-state index contributed by atoms with van der Waals surface area (Å²) in [5.74, 6) is -0.708. The smallest absolute Gasteiger partial charge is 0.307 e. The first-order chi connectivity index (χ1) is 9.63. The van der Waals surface area contributed by atoms with Crippen LogP contribution >= 0.6 is 0 Å². The largest absolute Gasteiger partial charge is 0.481 e. The van der Waals surface area contributed by atoms with E-state index in [4.69, 9.17) is 5.11 Å². The van der Waals surface area contributed by atoms with E-state index in [9.17, 15) is 9.59 Å². The van der Waals surface area contributed by atoms with Gasteiger partial charge in [-0.15, -0.1) is 0 Å². The average molecular weight is 266 g/mol. The Morgan fingerprint density at radius 3 is 2.60 bits per heavy atom. The second-order valence-electron chi connectivity index (χ2n) is 5.11. The monoisotopic (exact) mass is 266 g/mol. The Hall–Kier alpha value is -2.42. The number of benzene rings is 2. The number of hydrogen-bond acceptors (Lipinski definition) is 2. The van der Waals surface area contributed by atoms with E-state index in [1.807, 2.05) is 36.4 Å². The number of carbonyl (C=O) groups excluding carboxylic acids is 1. The molecule has 3 nitrogen and oxygen atoms in total. The van der Waals surface area contributed by atoms with Gasteiger partial charge in [0.05, 0.1) is 6.42 Å². The van der Waals surface area contributed by atoms with Crippen LogP contribution < -0.4 is 0 Å². The van der Waals surface area contributed by atoms with Crippen LogP contribution in [0.2, 0.25) is 0 Å². The first-order valence-corrected chi connectivity index (χ1v) is 6.57. The Morgan fingerprint density at radius 2 is 1.80 bits per heavy atom. The van der Waals surface area contributed by atoms with Gasteiger partial charge < -0.3 is 5.11 Å². The molecule has 0 bridgehead atoms. The summed E-state index contributed by atoms with van der Waals surface area (Å²) in [5.41, 5.74) is 4.64. The molecule has 100 valence electrons. The van der Waals surface area contributed by atoms with Crippen LogP contribution in [-0.2, 0) is 24.1 Å². The van der Waals surface area contributed by atoms with E-state index in [-0.39, 0.29) is 12.2 Å². The number of fused-ring (bicyclic) bond motifs is 2. The summed E-state index contributed by atoms with van der Waals surface area (Å²) in [6, 6.07) is 13.2. The van der Waals surface area contributed by atoms with E-state index in [0.29, 0.717) is 12.8 Å². The highest BCUT2D eigenvalue weighted by Crippen LogP contribution is 2.25. The lowest BCUT2D eigenvalue weighted by Gasteiger charge is -2.07. The zero-order valence-corrected chi connectivity index (χ0v) is 10.9. The lowest BCUT2D eigenvalue weighted by atomic mass is 9.97. The van der Waals surface area contributed by atoms with Crippen LogP contribution in [0.3, 0.4) is 0 Å². The van der Waals surface area contributed by atoms with E-state index in [0.717, 1.165) is 27.8 Å². The summed E-state index contributed by atoms with van der Waals surface area (Å²) in [5, 5.41) is 8.87. The first kappa shape index (κ1) is 12.6. The third-order valence-corrected chi connectivity index (χ3v) is 3.68. The molecule has 3 heteroatoms. The number of carboxylic acid groups (broad SMARTS) is 1. The summed E-state index contributed by atoms with van der Waals surface area (Å²) >= 11 is 0. The molecule has 0 saturated carbocycles. The van der Waals surface area contributed by atoms with Gasteiger partial charge in [0.2, 0.25) is 0 Å².